The molecule has 0 radical (unpaired) electrons. The molecule has 7 nitrogen and oxygen atoms in total. The Bertz CT molecular complexity index is 1190. The fourth-order valence-corrected chi connectivity index (χ4v) is 5.73. The number of hydrogen-bond acceptors (Lipinski definition) is 6. The summed E-state index contributed by atoms with van der Waals surface area (Å²) in [7, 11) is -3.67. The minimum atomic E-state index is -3.67. The van der Waals surface area contributed by atoms with E-state index in [1.165, 1.54) is 34.3 Å². The lowest BCUT2D eigenvalue weighted by Gasteiger charge is -2.17. The number of phenolic OH excluding ortho intramolecular Hbond substituents is 1. The number of hydrogen-bond donors (Lipinski definition) is 2. The van der Waals surface area contributed by atoms with Crippen LogP contribution in [0.1, 0.15) is 23.2 Å². The van der Waals surface area contributed by atoms with Crippen LogP contribution in [0.3, 0.4) is 0 Å². The summed E-state index contributed by atoms with van der Waals surface area (Å²) in [6.07, 6.45) is 3.25. The van der Waals surface area contributed by atoms with Gasteiger partial charge in [0.1, 0.15) is 10.8 Å². The third-order valence-electron chi connectivity index (χ3n) is 4.89. The first-order chi connectivity index (χ1) is 14.9. The van der Waals surface area contributed by atoms with E-state index in [0.29, 0.717) is 23.7 Å². The highest BCUT2D eigenvalue weighted by atomic mass is 32.2. The van der Waals surface area contributed by atoms with Crippen molar-refractivity contribution < 1.29 is 18.3 Å². The second-order valence-electron chi connectivity index (χ2n) is 7.02. The summed E-state index contributed by atoms with van der Waals surface area (Å²) in [4.78, 5) is 18.2. The zero-order valence-corrected chi connectivity index (χ0v) is 18.2. The highest BCUT2D eigenvalue weighted by molar-refractivity contribution is 7.99. The van der Waals surface area contributed by atoms with Crippen LogP contribution in [0.25, 0.3) is 0 Å². The minimum Gasteiger partial charge on any atom is -0.506 e. The Morgan fingerprint density at radius 2 is 1.77 bits per heavy atom. The van der Waals surface area contributed by atoms with Gasteiger partial charge in [0.25, 0.3) is 5.91 Å². The van der Waals surface area contributed by atoms with E-state index in [0.717, 1.165) is 17.7 Å². The molecular formula is C22H21N3O4S2. The largest absolute Gasteiger partial charge is 0.506 e. The molecule has 9 heteroatoms. The topological polar surface area (TPSA) is 99.6 Å². The van der Waals surface area contributed by atoms with Gasteiger partial charge in [-0.05, 0) is 55.3 Å². The fourth-order valence-electron chi connectivity index (χ4n) is 3.29. The maximum absolute atomic E-state index is 13.0. The highest BCUT2D eigenvalue weighted by Gasteiger charge is 2.28. The molecule has 0 saturated carbocycles. The van der Waals surface area contributed by atoms with Gasteiger partial charge in [0, 0.05) is 24.2 Å². The molecule has 2 aromatic carbocycles. The lowest BCUT2D eigenvalue weighted by Crippen LogP contribution is -2.28. The van der Waals surface area contributed by atoms with E-state index in [9.17, 15) is 18.3 Å². The Kier molecular flexibility index (Phi) is 6.26. The lowest BCUT2D eigenvalue weighted by atomic mass is 10.2. The summed E-state index contributed by atoms with van der Waals surface area (Å²) < 4.78 is 27.1. The molecular weight excluding hydrogens is 434 g/mol. The van der Waals surface area contributed by atoms with Crippen LogP contribution in [0.2, 0.25) is 0 Å². The molecule has 31 heavy (non-hydrogen) atoms. The van der Waals surface area contributed by atoms with Crippen molar-refractivity contribution in [3.63, 3.8) is 0 Å². The van der Waals surface area contributed by atoms with Crippen molar-refractivity contribution in [2.24, 2.45) is 0 Å². The van der Waals surface area contributed by atoms with Gasteiger partial charge in [-0.2, -0.15) is 4.31 Å². The zero-order chi connectivity index (χ0) is 21.8. The number of pyridine rings is 1. The van der Waals surface area contributed by atoms with Gasteiger partial charge in [0.2, 0.25) is 10.0 Å². The summed E-state index contributed by atoms with van der Waals surface area (Å²) in [6.45, 7) is 0.946. The molecule has 2 heterocycles. The molecule has 1 aromatic heterocycles. The van der Waals surface area contributed by atoms with Crippen LogP contribution in [0.15, 0.2) is 81.7 Å². The molecule has 1 saturated heterocycles. The average Bonchev–Trinajstić information content (AvgIpc) is 3.32. The van der Waals surface area contributed by atoms with Gasteiger partial charge in [-0.15, -0.1) is 0 Å². The van der Waals surface area contributed by atoms with Crippen LogP contribution in [-0.2, 0) is 10.0 Å². The van der Waals surface area contributed by atoms with Gasteiger partial charge in [0.15, 0.2) is 0 Å². The summed E-state index contributed by atoms with van der Waals surface area (Å²) in [5.74, 6) is -0.701. The molecule has 3 aromatic rings. The van der Waals surface area contributed by atoms with Crippen LogP contribution in [0.4, 0.5) is 5.69 Å². The van der Waals surface area contributed by atoms with E-state index in [1.54, 1.807) is 18.3 Å². The molecule has 1 fully saturated rings. The Morgan fingerprint density at radius 3 is 2.52 bits per heavy atom. The summed E-state index contributed by atoms with van der Waals surface area (Å²) in [6, 6.07) is 16.7. The van der Waals surface area contributed by atoms with Crippen LogP contribution < -0.4 is 5.32 Å². The maximum atomic E-state index is 13.0. The van der Waals surface area contributed by atoms with Gasteiger partial charge >= 0.3 is 0 Å². The quantitative estimate of drug-likeness (QED) is 0.546. The molecule has 4 rings (SSSR count). The molecule has 1 aliphatic heterocycles. The Morgan fingerprint density at radius 1 is 1.03 bits per heavy atom. The molecule has 0 aliphatic carbocycles. The molecule has 0 spiro atoms. The monoisotopic (exact) mass is 455 g/mol. The Hall–Kier alpha value is -2.88. The SMILES string of the molecule is O=C(Nc1cc(S(=O)(=O)N2CCCC2)ccc1O)c1cccnc1Sc1ccccc1. The second-order valence-corrected chi connectivity index (χ2v) is 10.0. The number of aromatic hydroxyl groups is 1. The number of sulfonamides is 1. The fraction of sp³-hybridized carbons (Fsp3) is 0.182. The summed E-state index contributed by atoms with van der Waals surface area (Å²) in [5, 5.41) is 13.4. The van der Waals surface area contributed by atoms with Crippen LogP contribution in [-0.4, -0.2) is 41.8 Å². The Balaban J connectivity index is 1.59. The van der Waals surface area contributed by atoms with Gasteiger partial charge < -0.3 is 10.4 Å². The van der Waals surface area contributed by atoms with Crippen molar-refractivity contribution in [3.8, 4) is 5.75 Å². The number of rotatable bonds is 6. The van der Waals surface area contributed by atoms with Crippen molar-refractivity contribution in [3.05, 3.63) is 72.4 Å². The van der Waals surface area contributed by atoms with Gasteiger partial charge in [0.05, 0.1) is 16.1 Å². The predicted molar refractivity (Wildman–Crippen MR) is 119 cm³/mol. The average molecular weight is 456 g/mol. The number of anilines is 1. The first kappa shape index (κ1) is 21.4. The van der Waals surface area contributed by atoms with Gasteiger partial charge in [-0.25, -0.2) is 13.4 Å². The van der Waals surface area contributed by atoms with Crippen molar-refractivity contribution in [2.45, 2.75) is 27.7 Å². The molecule has 2 N–H and O–H groups in total. The molecule has 0 bridgehead atoms. The van der Waals surface area contributed by atoms with Gasteiger partial charge in [-0.1, -0.05) is 30.0 Å². The van der Waals surface area contributed by atoms with Crippen LogP contribution in [0.5, 0.6) is 5.75 Å². The molecule has 1 amide bonds. The molecule has 0 atom stereocenters. The highest BCUT2D eigenvalue weighted by Crippen LogP contribution is 2.32. The minimum absolute atomic E-state index is 0.0322. The van der Waals surface area contributed by atoms with E-state index < -0.39 is 15.9 Å². The van der Waals surface area contributed by atoms with E-state index in [2.05, 4.69) is 10.3 Å². The number of amides is 1. The van der Waals surface area contributed by atoms with E-state index in [1.807, 2.05) is 30.3 Å². The van der Waals surface area contributed by atoms with E-state index in [-0.39, 0.29) is 16.3 Å². The smallest absolute Gasteiger partial charge is 0.258 e. The molecule has 160 valence electrons. The number of nitrogens with one attached hydrogen (secondary N) is 1. The first-order valence-corrected chi connectivity index (χ1v) is 12.0. The third kappa shape index (κ3) is 4.73. The van der Waals surface area contributed by atoms with Crippen LogP contribution in [0, 0.1) is 0 Å². The lowest BCUT2D eigenvalue weighted by molar-refractivity contribution is 0.102. The first-order valence-electron chi connectivity index (χ1n) is 9.77. The number of aromatic nitrogens is 1. The number of nitrogens with zero attached hydrogens (tertiary/aromatic N) is 2. The van der Waals surface area contributed by atoms with Crippen molar-refractivity contribution in [2.75, 3.05) is 18.4 Å². The summed E-state index contributed by atoms with van der Waals surface area (Å²) >= 11 is 1.34. The van der Waals surface area contributed by atoms with Crippen molar-refractivity contribution in [1.82, 2.24) is 9.29 Å². The molecule has 0 unspecified atom stereocenters. The van der Waals surface area contributed by atoms with Crippen molar-refractivity contribution >= 4 is 33.4 Å². The maximum Gasteiger partial charge on any atom is 0.258 e. The van der Waals surface area contributed by atoms with Gasteiger partial charge in [-0.3, -0.25) is 4.79 Å². The Labute approximate surface area is 185 Å². The van der Waals surface area contributed by atoms with Crippen LogP contribution >= 0.6 is 11.8 Å². The summed E-state index contributed by atoms with van der Waals surface area (Å²) in [5.41, 5.74) is 0.355. The third-order valence-corrected chi connectivity index (χ3v) is 7.81. The van der Waals surface area contributed by atoms with Crippen molar-refractivity contribution in [1.29, 1.82) is 0 Å². The second kappa shape index (κ2) is 9.09. The van der Waals surface area contributed by atoms with E-state index >= 15 is 0 Å². The number of benzene rings is 2. The number of carbonyl (C=O) groups excluding carboxylic acids is 1. The molecule has 1 aliphatic rings. The standard InChI is InChI=1S/C22H21N3O4S2/c26-20-11-10-17(31(28,29)25-13-4-5-14-25)15-19(20)24-21(27)18-9-6-12-23-22(18)30-16-7-2-1-3-8-16/h1-3,6-12,15,26H,4-5,13-14H2,(H,24,27). The predicted octanol–water partition coefficient (Wildman–Crippen LogP) is 3.98. The zero-order valence-electron chi connectivity index (χ0n) is 16.6. The van der Waals surface area contributed by atoms with E-state index in [4.69, 9.17) is 0 Å². The number of phenols is 1. The normalized spacial score (nSPS) is 14.5. The number of carbonyl (C=O) groups is 1.